The maximum atomic E-state index is 12.6. The highest BCUT2D eigenvalue weighted by molar-refractivity contribution is 9.10. The van der Waals surface area contributed by atoms with Gasteiger partial charge in [-0.2, -0.15) is 5.26 Å². The second kappa shape index (κ2) is 10.1. The summed E-state index contributed by atoms with van der Waals surface area (Å²) in [5, 5.41) is 23.9. The van der Waals surface area contributed by atoms with Crippen molar-refractivity contribution in [2.75, 3.05) is 11.9 Å². The summed E-state index contributed by atoms with van der Waals surface area (Å²) >= 11 is 4.37. The van der Waals surface area contributed by atoms with E-state index in [2.05, 4.69) is 21.2 Å². The van der Waals surface area contributed by atoms with Crippen LogP contribution >= 0.6 is 27.3 Å². The molecule has 0 atom stereocenters. The lowest BCUT2D eigenvalue weighted by molar-refractivity contribution is -0.112. The smallest absolute Gasteiger partial charge is 0.341 e. The third kappa shape index (κ3) is 5.82. The lowest BCUT2D eigenvalue weighted by Gasteiger charge is -2.10. The maximum Gasteiger partial charge on any atom is 0.341 e. The summed E-state index contributed by atoms with van der Waals surface area (Å²) in [7, 11) is 0. The largest absolute Gasteiger partial charge is 0.503 e. The number of amides is 1. The van der Waals surface area contributed by atoms with Crippen LogP contribution in [0.1, 0.15) is 36.7 Å². The number of thiophene rings is 1. The van der Waals surface area contributed by atoms with Gasteiger partial charge < -0.3 is 19.9 Å². The maximum absolute atomic E-state index is 12.6. The van der Waals surface area contributed by atoms with Crippen molar-refractivity contribution in [3.05, 3.63) is 44.8 Å². The predicted octanol–water partition coefficient (Wildman–Crippen LogP) is 4.73. The van der Waals surface area contributed by atoms with E-state index >= 15 is 0 Å². The molecule has 1 aromatic heterocycles. The van der Waals surface area contributed by atoms with Crippen LogP contribution in [0.25, 0.3) is 6.08 Å². The highest BCUT2D eigenvalue weighted by atomic mass is 79.9. The number of phenols is 1. The molecular formula is C20H19BrN2O5S. The van der Waals surface area contributed by atoms with Crippen molar-refractivity contribution < 1.29 is 24.2 Å². The van der Waals surface area contributed by atoms with Crippen LogP contribution in [0.2, 0.25) is 0 Å². The molecular weight excluding hydrogens is 460 g/mol. The molecule has 1 heterocycles. The van der Waals surface area contributed by atoms with Gasteiger partial charge in [0, 0.05) is 0 Å². The fourth-order valence-electron chi connectivity index (χ4n) is 2.27. The molecule has 1 amide bonds. The van der Waals surface area contributed by atoms with E-state index in [1.807, 2.05) is 6.07 Å². The summed E-state index contributed by atoms with van der Waals surface area (Å²) in [6.45, 7) is 5.57. The van der Waals surface area contributed by atoms with Crippen molar-refractivity contribution in [1.82, 2.24) is 0 Å². The number of nitriles is 1. The summed E-state index contributed by atoms with van der Waals surface area (Å²) in [6, 6.07) is 6.47. The summed E-state index contributed by atoms with van der Waals surface area (Å²) in [6.07, 6.45) is 1.06. The molecule has 2 rings (SSSR count). The molecule has 7 nitrogen and oxygen atoms in total. The molecule has 0 aliphatic carbocycles. The van der Waals surface area contributed by atoms with E-state index in [-0.39, 0.29) is 28.7 Å². The van der Waals surface area contributed by atoms with Crippen molar-refractivity contribution in [1.29, 1.82) is 5.26 Å². The summed E-state index contributed by atoms with van der Waals surface area (Å²) in [5.74, 6) is -1.07. The van der Waals surface area contributed by atoms with Gasteiger partial charge >= 0.3 is 5.97 Å². The number of carbonyl (C=O) groups is 2. The van der Waals surface area contributed by atoms with Crippen LogP contribution in [-0.2, 0) is 9.53 Å². The van der Waals surface area contributed by atoms with Gasteiger partial charge in [0.15, 0.2) is 11.5 Å². The van der Waals surface area contributed by atoms with Gasteiger partial charge in [-0.25, -0.2) is 4.79 Å². The Morgan fingerprint density at radius 3 is 2.76 bits per heavy atom. The Morgan fingerprint density at radius 1 is 1.41 bits per heavy atom. The van der Waals surface area contributed by atoms with Crippen LogP contribution in [0.5, 0.6) is 11.5 Å². The van der Waals surface area contributed by atoms with Crippen LogP contribution in [-0.4, -0.2) is 29.7 Å². The number of hydrogen-bond donors (Lipinski definition) is 2. The molecule has 0 fully saturated rings. The van der Waals surface area contributed by atoms with E-state index in [0.717, 1.165) is 11.3 Å². The summed E-state index contributed by atoms with van der Waals surface area (Å²) in [5.41, 5.74) is 0.525. The number of anilines is 1. The minimum atomic E-state index is -0.671. The number of esters is 1. The average Bonchev–Trinajstić information content (AvgIpc) is 3.11. The molecule has 1 aromatic carbocycles. The second-order valence-corrected chi connectivity index (χ2v) is 7.79. The first kappa shape index (κ1) is 22.5. The number of ether oxygens (including phenoxy) is 2. The molecule has 0 radical (unpaired) electrons. The van der Waals surface area contributed by atoms with Gasteiger partial charge in [0.1, 0.15) is 16.6 Å². The number of phenolic OH excluding ortho intramolecular Hbond substituents is 1. The first-order valence-corrected chi connectivity index (χ1v) is 10.3. The zero-order valence-corrected chi connectivity index (χ0v) is 18.4. The third-order valence-electron chi connectivity index (χ3n) is 3.48. The molecule has 0 bridgehead atoms. The molecule has 0 aliphatic rings. The highest BCUT2D eigenvalue weighted by Crippen LogP contribution is 2.36. The quantitative estimate of drug-likeness (QED) is 0.338. The van der Waals surface area contributed by atoms with Crippen LogP contribution < -0.4 is 10.1 Å². The molecule has 2 aromatic rings. The fourth-order valence-corrected chi connectivity index (χ4v) is 3.50. The minimum Gasteiger partial charge on any atom is -0.503 e. The van der Waals surface area contributed by atoms with Crippen LogP contribution in [0.3, 0.4) is 0 Å². The zero-order chi connectivity index (χ0) is 21.6. The van der Waals surface area contributed by atoms with Gasteiger partial charge in [0.25, 0.3) is 5.91 Å². The normalized spacial score (nSPS) is 11.1. The first-order chi connectivity index (χ1) is 13.8. The summed E-state index contributed by atoms with van der Waals surface area (Å²) < 4.78 is 10.9. The Balaban J connectivity index is 2.28. The van der Waals surface area contributed by atoms with E-state index in [0.29, 0.717) is 21.6 Å². The van der Waals surface area contributed by atoms with E-state index in [1.54, 1.807) is 38.3 Å². The Morgan fingerprint density at radius 2 is 2.14 bits per heavy atom. The van der Waals surface area contributed by atoms with Crippen LogP contribution in [0.4, 0.5) is 5.00 Å². The number of benzene rings is 1. The molecule has 0 saturated carbocycles. The zero-order valence-electron chi connectivity index (χ0n) is 16.0. The van der Waals surface area contributed by atoms with Crippen molar-refractivity contribution in [2.24, 2.45) is 0 Å². The Kier molecular flexibility index (Phi) is 7.82. The molecule has 152 valence electrons. The predicted molar refractivity (Wildman–Crippen MR) is 114 cm³/mol. The van der Waals surface area contributed by atoms with Gasteiger partial charge in [-0.3, -0.25) is 4.79 Å². The van der Waals surface area contributed by atoms with Gasteiger partial charge in [0.05, 0.1) is 22.7 Å². The van der Waals surface area contributed by atoms with Crippen LogP contribution in [0.15, 0.2) is 33.6 Å². The highest BCUT2D eigenvalue weighted by Gasteiger charge is 2.19. The van der Waals surface area contributed by atoms with Gasteiger partial charge in [0.2, 0.25) is 0 Å². The molecule has 0 aliphatic heterocycles. The Labute approximate surface area is 180 Å². The number of carbonyl (C=O) groups excluding carboxylic acids is 2. The molecule has 29 heavy (non-hydrogen) atoms. The number of halogens is 1. The SMILES string of the molecule is CCOc1cc(/C=C(\C#N)C(=O)Nc2sccc2C(=O)OC(C)C)cc(Br)c1O. The van der Waals surface area contributed by atoms with Gasteiger partial charge in [-0.15, -0.1) is 11.3 Å². The molecule has 2 N–H and O–H groups in total. The van der Waals surface area contributed by atoms with Crippen molar-refractivity contribution >= 4 is 50.2 Å². The first-order valence-electron chi connectivity index (χ1n) is 8.63. The van der Waals surface area contributed by atoms with Crippen molar-refractivity contribution in [3.8, 4) is 17.6 Å². The minimum absolute atomic E-state index is 0.0705. The fraction of sp³-hybridized carbons (Fsp3) is 0.250. The standard InChI is InChI=1S/C20H19BrN2O5S/c1-4-27-16-9-12(8-15(21)17(16)24)7-13(10-22)18(25)23-19-14(5-6-29-19)20(26)28-11(2)3/h5-9,11,24H,4H2,1-3H3,(H,23,25)/b13-7+. The number of aromatic hydroxyl groups is 1. The number of nitrogens with zero attached hydrogens (tertiary/aromatic N) is 1. The topological polar surface area (TPSA) is 109 Å². The molecule has 0 spiro atoms. The lowest BCUT2D eigenvalue weighted by atomic mass is 10.1. The lowest BCUT2D eigenvalue weighted by Crippen LogP contribution is -2.17. The monoisotopic (exact) mass is 478 g/mol. The number of rotatable bonds is 7. The van der Waals surface area contributed by atoms with Gasteiger partial charge in [-0.05, 0) is 71.9 Å². The Hall–Kier alpha value is -2.83. The van der Waals surface area contributed by atoms with Gasteiger partial charge in [-0.1, -0.05) is 0 Å². The second-order valence-electron chi connectivity index (χ2n) is 6.02. The number of nitrogens with one attached hydrogen (secondary N) is 1. The van der Waals surface area contributed by atoms with Crippen molar-refractivity contribution in [3.63, 3.8) is 0 Å². The van der Waals surface area contributed by atoms with Crippen LogP contribution in [0, 0.1) is 11.3 Å². The Bertz CT molecular complexity index is 991. The summed E-state index contributed by atoms with van der Waals surface area (Å²) in [4.78, 5) is 24.7. The van der Waals surface area contributed by atoms with Crippen molar-refractivity contribution in [2.45, 2.75) is 26.9 Å². The van der Waals surface area contributed by atoms with E-state index in [9.17, 15) is 20.0 Å². The van der Waals surface area contributed by atoms with E-state index in [4.69, 9.17) is 9.47 Å². The molecule has 0 saturated heterocycles. The molecule has 9 heteroatoms. The van der Waals surface area contributed by atoms with E-state index in [1.165, 1.54) is 12.1 Å². The number of hydrogen-bond acceptors (Lipinski definition) is 7. The van der Waals surface area contributed by atoms with E-state index < -0.39 is 11.9 Å². The third-order valence-corrected chi connectivity index (χ3v) is 4.92. The average molecular weight is 479 g/mol. The molecule has 0 unspecified atom stereocenters.